The smallest absolute Gasteiger partial charge is 0.294 e. The van der Waals surface area contributed by atoms with Crippen LogP contribution < -0.4 is 15.0 Å². The third-order valence-electron chi connectivity index (χ3n) is 7.73. The van der Waals surface area contributed by atoms with Gasteiger partial charge in [0, 0.05) is 60.5 Å². The second kappa shape index (κ2) is 10.7. The lowest BCUT2D eigenvalue weighted by molar-refractivity contribution is -0.383. The van der Waals surface area contributed by atoms with Crippen molar-refractivity contribution in [1.82, 2.24) is 19.4 Å². The van der Waals surface area contributed by atoms with Crippen LogP contribution in [0.25, 0.3) is 22.2 Å². The van der Waals surface area contributed by atoms with E-state index in [9.17, 15) is 10.1 Å². The Morgan fingerprint density at radius 3 is 2.70 bits per heavy atom. The van der Waals surface area contributed by atoms with E-state index in [0.717, 1.165) is 34.4 Å². The fourth-order valence-corrected chi connectivity index (χ4v) is 5.06. The maximum Gasteiger partial charge on any atom is 0.294 e. The standard InChI is InChI=1S/C29H35N7O4/c1-29(2,33(4)5)18-35(24-16-23(36(37)38)21(30-3)15-26(24)39-6)28-31-12-11-20(32-28)27-19-9-7-8-10-22(19)34-13-14-40-17-25(27)34/h7-12,15-16,30H,13-14,17-18H2,1-6H3. The van der Waals surface area contributed by atoms with Crippen molar-refractivity contribution in [3.63, 3.8) is 0 Å². The Morgan fingerprint density at radius 1 is 1.23 bits per heavy atom. The molecular weight excluding hydrogens is 510 g/mol. The summed E-state index contributed by atoms with van der Waals surface area (Å²) < 4.78 is 13.9. The molecule has 0 amide bonds. The minimum atomic E-state index is -0.402. The number of anilines is 3. The lowest BCUT2D eigenvalue weighted by Gasteiger charge is -2.38. The van der Waals surface area contributed by atoms with Gasteiger partial charge in [0.2, 0.25) is 5.95 Å². The number of benzene rings is 2. The molecule has 3 heterocycles. The number of hydrogen-bond donors (Lipinski definition) is 1. The molecule has 2 aromatic heterocycles. The lowest BCUT2D eigenvalue weighted by Crippen LogP contribution is -2.47. The highest BCUT2D eigenvalue weighted by atomic mass is 16.6. The van der Waals surface area contributed by atoms with Gasteiger partial charge in [-0.15, -0.1) is 0 Å². The summed E-state index contributed by atoms with van der Waals surface area (Å²) in [6.07, 6.45) is 1.73. The monoisotopic (exact) mass is 545 g/mol. The van der Waals surface area contributed by atoms with E-state index in [1.165, 1.54) is 6.07 Å². The number of likely N-dealkylation sites (N-methyl/N-ethyl adjacent to an activating group) is 1. The first kappa shape index (κ1) is 27.4. The first-order valence-electron chi connectivity index (χ1n) is 13.2. The fraction of sp³-hybridized carbons (Fsp3) is 0.379. The zero-order valence-corrected chi connectivity index (χ0v) is 23.8. The summed E-state index contributed by atoms with van der Waals surface area (Å²) in [6.45, 7) is 6.56. The van der Waals surface area contributed by atoms with Crippen LogP contribution in [0.3, 0.4) is 0 Å². The Kier molecular flexibility index (Phi) is 7.35. The van der Waals surface area contributed by atoms with Crippen LogP contribution in [0.1, 0.15) is 19.5 Å². The van der Waals surface area contributed by atoms with E-state index in [4.69, 9.17) is 14.5 Å². The highest BCUT2D eigenvalue weighted by molar-refractivity contribution is 5.97. The minimum absolute atomic E-state index is 0.0632. The first-order valence-corrected chi connectivity index (χ1v) is 13.2. The van der Waals surface area contributed by atoms with Gasteiger partial charge in [0.15, 0.2) is 0 Å². The highest BCUT2D eigenvalue weighted by Crippen LogP contribution is 2.42. The van der Waals surface area contributed by atoms with E-state index in [2.05, 4.69) is 45.7 Å². The largest absolute Gasteiger partial charge is 0.494 e. The molecule has 11 nitrogen and oxygen atoms in total. The van der Waals surface area contributed by atoms with Crippen LogP contribution in [-0.2, 0) is 17.9 Å². The van der Waals surface area contributed by atoms with Gasteiger partial charge in [-0.1, -0.05) is 18.2 Å². The molecule has 1 aliphatic rings. The van der Waals surface area contributed by atoms with Crippen molar-refractivity contribution < 1.29 is 14.4 Å². The van der Waals surface area contributed by atoms with Crippen molar-refractivity contribution in [3.8, 4) is 17.0 Å². The Hall–Kier alpha value is -4.22. The van der Waals surface area contributed by atoms with Crippen molar-refractivity contribution in [1.29, 1.82) is 0 Å². The van der Waals surface area contributed by atoms with Gasteiger partial charge in [-0.2, -0.15) is 0 Å². The molecule has 0 fully saturated rings. The topological polar surface area (TPSA) is 111 Å². The van der Waals surface area contributed by atoms with Crippen LogP contribution in [0, 0.1) is 10.1 Å². The summed E-state index contributed by atoms with van der Waals surface area (Å²) in [7, 11) is 7.20. The number of aromatic nitrogens is 3. The molecule has 0 saturated heterocycles. The number of fused-ring (bicyclic) bond motifs is 3. The molecule has 0 radical (unpaired) electrons. The summed E-state index contributed by atoms with van der Waals surface area (Å²) in [5.41, 5.74) is 4.43. The van der Waals surface area contributed by atoms with Gasteiger partial charge in [0.1, 0.15) is 11.4 Å². The molecular formula is C29H35N7O4. The molecule has 5 rings (SSSR count). The molecule has 0 atom stereocenters. The number of ether oxygens (including phenoxy) is 2. The van der Waals surface area contributed by atoms with Crippen LogP contribution >= 0.6 is 0 Å². The quantitative estimate of drug-likeness (QED) is 0.228. The van der Waals surface area contributed by atoms with Gasteiger partial charge < -0.3 is 29.2 Å². The summed E-state index contributed by atoms with van der Waals surface area (Å²) in [6, 6.07) is 13.4. The number of nitrogens with one attached hydrogen (secondary N) is 1. The average molecular weight is 546 g/mol. The molecule has 0 saturated carbocycles. The Morgan fingerprint density at radius 2 is 2.00 bits per heavy atom. The summed E-state index contributed by atoms with van der Waals surface area (Å²) in [5, 5.41) is 16.0. The minimum Gasteiger partial charge on any atom is -0.494 e. The zero-order chi connectivity index (χ0) is 28.6. The van der Waals surface area contributed by atoms with Crippen LogP contribution in [0.5, 0.6) is 5.75 Å². The van der Waals surface area contributed by atoms with Crippen LogP contribution in [0.4, 0.5) is 23.0 Å². The van der Waals surface area contributed by atoms with Gasteiger partial charge in [-0.25, -0.2) is 9.97 Å². The first-order chi connectivity index (χ1) is 19.2. The van der Waals surface area contributed by atoms with Crippen molar-refractivity contribution in [2.24, 2.45) is 0 Å². The molecule has 2 aromatic carbocycles. The Labute approximate surface area is 233 Å². The second-order valence-electron chi connectivity index (χ2n) is 10.6. The predicted octanol–water partition coefficient (Wildman–Crippen LogP) is 5.07. The van der Waals surface area contributed by atoms with Gasteiger partial charge in [-0.3, -0.25) is 10.1 Å². The molecule has 0 spiro atoms. The number of nitro benzene ring substituents is 1. The zero-order valence-electron chi connectivity index (χ0n) is 23.8. The molecule has 40 heavy (non-hydrogen) atoms. The van der Waals surface area contributed by atoms with Crippen LogP contribution in [0.2, 0.25) is 0 Å². The van der Waals surface area contributed by atoms with E-state index < -0.39 is 4.92 Å². The van der Waals surface area contributed by atoms with E-state index in [1.807, 2.05) is 37.2 Å². The fourth-order valence-electron chi connectivity index (χ4n) is 5.06. The molecule has 0 aliphatic carbocycles. The van der Waals surface area contributed by atoms with Gasteiger partial charge >= 0.3 is 0 Å². The van der Waals surface area contributed by atoms with Crippen molar-refractivity contribution in [2.75, 3.05) is 51.6 Å². The second-order valence-corrected chi connectivity index (χ2v) is 10.6. The number of rotatable bonds is 9. The third-order valence-corrected chi connectivity index (χ3v) is 7.73. The molecule has 210 valence electrons. The molecule has 1 aliphatic heterocycles. The summed E-state index contributed by atoms with van der Waals surface area (Å²) in [4.78, 5) is 25.3. The average Bonchev–Trinajstić information content (AvgIpc) is 3.29. The van der Waals surface area contributed by atoms with Crippen molar-refractivity contribution in [2.45, 2.75) is 32.5 Å². The molecule has 4 aromatic rings. The Bertz CT molecular complexity index is 1560. The van der Waals surface area contributed by atoms with E-state index in [0.29, 0.717) is 42.8 Å². The molecule has 0 bridgehead atoms. The van der Waals surface area contributed by atoms with Gasteiger partial charge in [0.05, 0.1) is 42.3 Å². The predicted molar refractivity (Wildman–Crippen MR) is 157 cm³/mol. The van der Waals surface area contributed by atoms with Crippen molar-refractivity contribution in [3.05, 3.63) is 64.5 Å². The van der Waals surface area contributed by atoms with Crippen molar-refractivity contribution >= 4 is 33.9 Å². The van der Waals surface area contributed by atoms with E-state index in [1.54, 1.807) is 26.4 Å². The third kappa shape index (κ3) is 4.82. The van der Waals surface area contributed by atoms with Crippen LogP contribution in [-0.4, -0.2) is 71.3 Å². The maximum atomic E-state index is 12.0. The molecule has 0 unspecified atom stereocenters. The molecule has 11 heteroatoms. The SMILES string of the molecule is CNc1cc(OC)c(N(CC(C)(C)N(C)C)c2nccc(-c3c4n(c5ccccc35)CCOC4)n2)cc1[N+](=O)[O-]. The molecule has 1 N–H and O–H groups in total. The van der Waals surface area contributed by atoms with E-state index in [-0.39, 0.29) is 11.2 Å². The van der Waals surface area contributed by atoms with Gasteiger partial charge in [-0.05, 0) is 40.1 Å². The highest BCUT2D eigenvalue weighted by Gasteiger charge is 2.31. The number of hydrogen-bond acceptors (Lipinski definition) is 9. The summed E-state index contributed by atoms with van der Waals surface area (Å²) in [5.74, 6) is 0.886. The van der Waals surface area contributed by atoms with Crippen LogP contribution in [0.15, 0.2) is 48.7 Å². The number of methoxy groups -OCH3 is 1. The maximum absolute atomic E-state index is 12.0. The lowest BCUT2D eigenvalue weighted by atomic mass is 10.0. The number of nitrogens with zero attached hydrogens (tertiary/aromatic N) is 6. The normalized spacial score (nSPS) is 13.4. The number of nitro groups is 1. The number of para-hydroxylation sites is 1. The Balaban J connectivity index is 1.72. The van der Waals surface area contributed by atoms with E-state index >= 15 is 0 Å². The van der Waals surface area contributed by atoms with Gasteiger partial charge in [0.25, 0.3) is 5.69 Å². The summed E-state index contributed by atoms with van der Waals surface area (Å²) >= 11 is 0.